The van der Waals surface area contributed by atoms with Gasteiger partial charge in [0.2, 0.25) is 12.3 Å². The molecule has 0 aliphatic rings. The Hall–Kier alpha value is -1.61. The van der Waals surface area contributed by atoms with E-state index in [2.05, 4.69) is 19.1 Å². The number of ketones is 1. The van der Waals surface area contributed by atoms with Gasteiger partial charge in [0.25, 0.3) is 0 Å². The van der Waals surface area contributed by atoms with Gasteiger partial charge in [-0.1, -0.05) is 31.9 Å². The van der Waals surface area contributed by atoms with Gasteiger partial charge in [-0.2, -0.15) is 4.57 Å². The second-order valence-corrected chi connectivity index (χ2v) is 6.37. The SMILES string of the molecule is CCCCCc1cc[n+](CC(=O)c2ccc(SC)cc2)cc1. The molecule has 0 amide bonds. The zero-order valence-electron chi connectivity index (χ0n) is 13.4. The number of nitrogens with zero attached hydrogens (tertiary/aromatic N) is 1. The minimum Gasteiger partial charge on any atom is -0.287 e. The standard InChI is InChI=1S/C19H24NOS/c1-3-4-5-6-16-11-13-20(14-12-16)15-19(21)17-7-9-18(22-2)10-8-17/h7-14H,3-6,15H2,1-2H3/q+1. The van der Waals surface area contributed by atoms with Crippen LogP contribution in [0.5, 0.6) is 0 Å². The van der Waals surface area contributed by atoms with E-state index in [0.717, 1.165) is 12.0 Å². The maximum absolute atomic E-state index is 12.3. The number of aromatic nitrogens is 1. The number of aryl methyl sites for hydroxylation is 1. The Morgan fingerprint density at radius 3 is 2.32 bits per heavy atom. The van der Waals surface area contributed by atoms with Gasteiger partial charge in [0.1, 0.15) is 0 Å². The molecule has 0 radical (unpaired) electrons. The largest absolute Gasteiger partial charge is 0.287 e. The number of hydrogen-bond donors (Lipinski definition) is 0. The molecular formula is C19H24NOS+. The summed E-state index contributed by atoms with van der Waals surface area (Å²) in [7, 11) is 0. The van der Waals surface area contributed by atoms with Crippen LogP contribution in [0.2, 0.25) is 0 Å². The van der Waals surface area contributed by atoms with Gasteiger partial charge in [0, 0.05) is 22.6 Å². The summed E-state index contributed by atoms with van der Waals surface area (Å²) in [6.07, 6.45) is 10.9. The first-order chi connectivity index (χ1) is 10.7. The Morgan fingerprint density at radius 1 is 1.05 bits per heavy atom. The van der Waals surface area contributed by atoms with Crippen molar-refractivity contribution in [3.8, 4) is 0 Å². The molecule has 3 heteroatoms. The fourth-order valence-electron chi connectivity index (χ4n) is 2.37. The predicted octanol–water partition coefficient (Wildman–Crippen LogP) is 4.31. The van der Waals surface area contributed by atoms with Crippen LogP contribution in [-0.4, -0.2) is 12.0 Å². The Morgan fingerprint density at radius 2 is 1.73 bits per heavy atom. The first kappa shape index (κ1) is 16.8. The van der Waals surface area contributed by atoms with Gasteiger partial charge < -0.3 is 0 Å². The van der Waals surface area contributed by atoms with Crippen molar-refractivity contribution >= 4 is 17.5 Å². The van der Waals surface area contributed by atoms with Crippen LogP contribution < -0.4 is 4.57 Å². The third-order valence-corrected chi connectivity index (χ3v) is 4.51. The van der Waals surface area contributed by atoms with E-state index in [9.17, 15) is 4.79 Å². The topological polar surface area (TPSA) is 20.9 Å². The molecule has 2 nitrogen and oxygen atoms in total. The van der Waals surface area contributed by atoms with Crippen LogP contribution in [0.15, 0.2) is 53.7 Å². The van der Waals surface area contributed by atoms with Gasteiger partial charge >= 0.3 is 0 Å². The molecule has 1 aromatic heterocycles. The van der Waals surface area contributed by atoms with Gasteiger partial charge in [-0.3, -0.25) is 4.79 Å². The first-order valence-corrected chi connectivity index (χ1v) is 9.10. The van der Waals surface area contributed by atoms with Crippen molar-refractivity contribution in [1.82, 2.24) is 0 Å². The summed E-state index contributed by atoms with van der Waals surface area (Å²) in [5, 5.41) is 0. The number of benzene rings is 1. The van der Waals surface area contributed by atoms with Crippen LogP contribution in [0, 0.1) is 0 Å². The van der Waals surface area contributed by atoms with Gasteiger partial charge in [-0.25, -0.2) is 0 Å². The number of carbonyl (C=O) groups is 1. The van der Waals surface area contributed by atoms with Crippen molar-refractivity contribution in [2.24, 2.45) is 0 Å². The highest BCUT2D eigenvalue weighted by atomic mass is 32.2. The lowest BCUT2D eigenvalue weighted by atomic mass is 10.1. The normalized spacial score (nSPS) is 10.6. The average Bonchev–Trinajstić information content (AvgIpc) is 2.57. The van der Waals surface area contributed by atoms with Crippen LogP contribution in [0.4, 0.5) is 0 Å². The highest BCUT2D eigenvalue weighted by Gasteiger charge is 2.11. The van der Waals surface area contributed by atoms with E-state index in [-0.39, 0.29) is 5.78 Å². The van der Waals surface area contributed by atoms with Crippen LogP contribution in [0.1, 0.15) is 42.1 Å². The summed E-state index contributed by atoms with van der Waals surface area (Å²) < 4.78 is 1.95. The minimum atomic E-state index is 0.149. The Labute approximate surface area is 137 Å². The van der Waals surface area contributed by atoms with Gasteiger partial charge in [-0.15, -0.1) is 11.8 Å². The fourth-order valence-corrected chi connectivity index (χ4v) is 2.78. The molecule has 2 aromatic rings. The quantitative estimate of drug-likeness (QED) is 0.313. The number of rotatable bonds is 8. The number of carbonyl (C=O) groups excluding carboxylic acids is 1. The summed E-state index contributed by atoms with van der Waals surface area (Å²) in [5.74, 6) is 0.149. The third-order valence-electron chi connectivity index (χ3n) is 3.77. The molecular weight excluding hydrogens is 290 g/mol. The lowest BCUT2D eigenvalue weighted by Crippen LogP contribution is -2.37. The number of pyridine rings is 1. The second-order valence-electron chi connectivity index (χ2n) is 5.49. The van der Waals surface area contributed by atoms with E-state index < -0.39 is 0 Å². The number of thioether (sulfide) groups is 1. The van der Waals surface area contributed by atoms with Crippen LogP contribution >= 0.6 is 11.8 Å². The molecule has 1 aromatic carbocycles. The zero-order valence-corrected chi connectivity index (χ0v) is 14.2. The molecule has 0 bridgehead atoms. The molecule has 116 valence electrons. The minimum absolute atomic E-state index is 0.149. The number of Topliss-reactive ketones (excluding diaryl/α,β-unsaturated/α-hetero) is 1. The molecule has 0 saturated heterocycles. The first-order valence-electron chi connectivity index (χ1n) is 7.88. The molecule has 2 rings (SSSR count). The Kier molecular flexibility index (Phi) is 6.66. The number of hydrogen-bond acceptors (Lipinski definition) is 2. The molecule has 0 aliphatic heterocycles. The van der Waals surface area contributed by atoms with Gasteiger partial charge in [0.05, 0.1) is 0 Å². The monoisotopic (exact) mass is 314 g/mol. The predicted molar refractivity (Wildman–Crippen MR) is 92.4 cm³/mol. The second kappa shape index (κ2) is 8.74. The van der Waals surface area contributed by atoms with E-state index in [1.165, 1.54) is 29.7 Å². The summed E-state index contributed by atoms with van der Waals surface area (Å²) >= 11 is 1.69. The van der Waals surface area contributed by atoms with Crippen molar-refractivity contribution in [3.63, 3.8) is 0 Å². The molecule has 0 saturated carbocycles. The molecule has 0 N–H and O–H groups in total. The fraction of sp³-hybridized carbons (Fsp3) is 0.368. The Bertz CT molecular complexity index is 590. The molecule has 0 unspecified atom stereocenters. The maximum atomic E-state index is 12.3. The molecule has 0 fully saturated rings. The van der Waals surface area contributed by atoms with E-state index in [0.29, 0.717) is 6.54 Å². The average molecular weight is 314 g/mol. The highest BCUT2D eigenvalue weighted by Crippen LogP contribution is 2.15. The van der Waals surface area contributed by atoms with Gasteiger partial charge in [-0.05, 0) is 36.8 Å². The summed E-state index contributed by atoms with van der Waals surface area (Å²) in [4.78, 5) is 13.5. The summed E-state index contributed by atoms with van der Waals surface area (Å²) in [6, 6.07) is 12.1. The van der Waals surface area contributed by atoms with Crippen LogP contribution in [0.3, 0.4) is 0 Å². The third kappa shape index (κ3) is 4.99. The van der Waals surface area contributed by atoms with E-state index in [1.54, 1.807) is 11.8 Å². The molecule has 0 spiro atoms. The number of unbranched alkanes of at least 4 members (excludes halogenated alkanes) is 2. The smallest absolute Gasteiger partial charge is 0.227 e. The molecule has 1 heterocycles. The van der Waals surface area contributed by atoms with Crippen molar-refractivity contribution in [2.45, 2.75) is 44.0 Å². The van der Waals surface area contributed by atoms with E-state index >= 15 is 0 Å². The van der Waals surface area contributed by atoms with Crippen LogP contribution in [-0.2, 0) is 13.0 Å². The zero-order chi connectivity index (χ0) is 15.8. The van der Waals surface area contributed by atoms with Crippen molar-refractivity contribution in [1.29, 1.82) is 0 Å². The highest BCUT2D eigenvalue weighted by molar-refractivity contribution is 7.98. The van der Waals surface area contributed by atoms with Gasteiger partial charge in [0.15, 0.2) is 12.4 Å². The van der Waals surface area contributed by atoms with Crippen molar-refractivity contribution in [3.05, 3.63) is 59.9 Å². The summed E-state index contributed by atoms with van der Waals surface area (Å²) in [6.45, 7) is 2.62. The van der Waals surface area contributed by atoms with Crippen LogP contribution in [0.25, 0.3) is 0 Å². The summed E-state index contributed by atoms with van der Waals surface area (Å²) in [5.41, 5.74) is 2.12. The molecule has 0 atom stereocenters. The Balaban J connectivity index is 1.93. The van der Waals surface area contributed by atoms with E-state index in [4.69, 9.17) is 0 Å². The van der Waals surface area contributed by atoms with E-state index in [1.807, 2.05) is 47.5 Å². The van der Waals surface area contributed by atoms with Crippen molar-refractivity contribution in [2.75, 3.05) is 6.26 Å². The maximum Gasteiger partial charge on any atom is 0.227 e. The lowest BCUT2D eigenvalue weighted by molar-refractivity contribution is -0.683. The lowest BCUT2D eigenvalue weighted by Gasteiger charge is -2.02. The van der Waals surface area contributed by atoms with Crippen molar-refractivity contribution < 1.29 is 9.36 Å². The molecule has 22 heavy (non-hydrogen) atoms. The molecule has 0 aliphatic carbocycles.